The predicted molar refractivity (Wildman–Crippen MR) is 167 cm³/mol. The average molecular weight is 637 g/mol. The molecule has 240 valence electrons. The minimum absolute atomic E-state index is 0.0412. The van der Waals surface area contributed by atoms with E-state index in [2.05, 4.69) is 20.7 Å². The minimum Gasteiger partial charge on any atom is -0.406 e. The normalized spacial score (nSPS) is 16.9. The van der Waals surface area contributed by atoms with Crippen LogP contribution in [0.5, 0.6) is 5.75 Å². The van der Waals surface area contributed by atoms with Crippen LogP contribution in [0.25, 0.3) is 0 Å². The van der Waals surface area contributed by atoms with Crippen molar-refractivity contribution in [2.75, 3.05) is 35.0 Å². The molecule has 4 rings (SSSR count). The number of anilines is 2. The zero-order valence-electron chi connectivity index (χ0n) is 24.4. The van der Waals surface area contributed by atoms with E-state index < -0.39 is 35.2 Å². The van der Waals surface area contributed by atoms with Crippen molar-refractivity contribution in [1.29, 1.82) is 0 Å². The number of amides is 1. The minimum atomic E-state index is -4.80. The third-order valence-corrected chi connectivity index (χ3v) is 9.06. The van der Waals surface area contributed by atoms with Crippen molar-refractivity contribution in [2.45, 2.75) is 51.2 Å². The first kappa shape index (κ1) is 33.4. The molecule has 0 unspecified atom stereocenters. The molecule has 0 aliphatic carbocycles. The van der Waals surface area contributed by atoms with Gasteiger partial charge in [-0.3, -0.25) is 18.2 Å². The van der Waals surface area contributed by atoms with Gasteiger partial charge >= 0.3 is 6.36 Å². The molecule has 6 N–H and O–H groups in total. The molecular formula is C31H39F3N4O5S. The predicted octanol–water partition coefficient (Wildman–Crippen LogP) is 5.77. The number of halogens is 3. The van der Waals surface area contributed by atoms with Crippen molar-refractivity contribution >= 4 is 28.1 Å². The fourth-order valence-corrected chi connectivity index (χ4v) is 6.74. The highest BCUT2D eigenvalue weighted by Crippen LogP contribution is 2.50. The Morgan fingerprint density at radius 2 is 1.77 bits per heavy atom. The van der Waals surface area contributed by atoms with Gasteiger partial charge in [0.25, 0.3) is 5.91 Å². The Morgan fingerprint density at radius 1 is 1.02 bits per heavy atom. The SMILES string of the molecule is CCNc1cc(C(=O)N[C@@H](Cc2ccccc2)[C@H](O)CNCc2cccc(OC(F)(F)F)c2)cc(N2CCCCS2(O)O)c1. The van der Waals surface area contributed by atoms with Crippen molar-refractivity contribution in [3.8, 4) is 5.75 Å². The Hall–Kier alpha value is -3.49. The maximum Gasteiger partial charge on any atom is 0.573 e. The van der Waals surface area contributed by atoms with E-state index >= 15 is 0 Å². The molecule has 1 heterocycles. The number of carbonyl (C=O) groups excluding carboxylic acids is 1. The molecule has 1 amide bonds. The highest BCUT2D eigenvalue weighted by molar-refractivity contribution is 8.25. The number of hydrogen-bond acceptors (Lipinski definition) is 8. The summed E-state index contributed by atoms with van der Waals surface area (Å²) in [5, 5.41) is 20.4. The number of nitrogens with one attached hydrogen (secondary N) is 3. The molecule has 0 saturated carbocycles. The van der Waals surface area contributed by atoms with Crippen LogP contribution in [0.2, 0.25) is 0 Å². The van der Waals surface area contributed by atoms with E-state index in [4.69, 9.17) is 0 Å². The summed E-state index contributed by atoms with van der Waals surface area (Å²) in [4.78, 5) is 13.6. The fraction of sp³-hybridized carbons (Fsp3) is 0.387. The summed E-state index contributed by atoms with van der Waals surface area (Å²) in [6.45, 7) is 3.16. The number of alkyl halides is 3. The van der Waals surface area contributed by atoms with Crippen LogP contribution in [0.4, 0.5) is 24.5 Å². The van der Waals surface area contributed by atoms with Gasteiger partial charge in [0, 0.05) is 37.4 Å². The standard InChI is InChI=1S/C31H39F3N4O5S/c1-2-36-25-17-24(18-26(19-25)38-13-6-7-14-44(38,41)42)30(40)37-28(16-22-9-4-3-5-10-22)29(39)21-35-20-23-11-8-12-27(15-23)43-31(32,33)34/h3-5,8-12,15,17-19,28-29,35-36,39,41-42H,2,6-7,13-14,16,20-21H2,1H3,(H,37,40)/t28-,29+/m0/s1. The first-order valence-corrected chi connectivity index (χ1v) is 16.1. The second kappa shape index (κ2) is 15.0. The van der Waals surface area contributed by atoms with Gasteiger partial charge in [-0.2, -0.15) is 0 Å². The van der Waals surface area contributed by atoms with Crippen LogP contribution in [0, 0.1) is 0 Å². The number of benzene rings is 3. The first-order chi connectivity index (χ1) is 20.9. The third kappa shape index (κ3) is 9.76. The van der Waals surface area contributed by atoms with Crippen LogP contribution in [-0.4, -0.2) is 64.0 Å². The first-order valence-electron chi connectivity index (χ1n) is 14.4. The number of ether oxygens (including phenoxy) is 1. The third-order valence-electron chi connectivity index (χ3n) is 7.13. The second-order valence-electron chi connectivity index (χ2n) is 10.6. The maximum atomic E-state index is 13.6. The average Bonchev–Trinajstić information content (AvgIpc) is 2.96. The van der Waals surface area contributed by atoms with E-state index in [-0.39, 0.29) is 24.6 Å². The largest absolute Gasteiger partial charge is 0.573 e. The summed E-state index contributed by atoms with van der Waals surface area (Å²) in [5.41, 5.74) is 2.87. The topological polar surface area (TPSA) is 126 Å². The second-order valence-corrected chi connectivity index (χ2v) is 12.7. The van der Waals surface area contributed by atoms with E-state index in [1.807, 2.05) is 37.3 Å². The van der Waals surface area contributed by atoms with E-state index in [1.165, 1.54) is 18.2 Å². The molecule has 1 aliphatic rings. The summed E-state index contributed by atoms with van der Waals surface area (Å²) in [6, 6.07) is 19.3. The van der Waals surface area contributed by atoms with Gasteiger partial charge in [0.2, 0.25) is 0 Å². The van der Waals surface area contributed by atoms with Crippen molar-refractivity contribution in [3.05, 3.63) is 89.5 Å². The number of hydrogen-bond donors (Lipinski definition) is 6. The van der Waals surface area contributed by atoms with Crippen LogP contribution in [0.3, 0.4) is 0 Å². The number of carbonyl (C=O) groups is 1. The van der Waals surface area contributed by atoms with Crippen LogP contribution in [-0.2, 0) is 13.0 Å². The lowest BCUT2D eigenvalue weighted by atomic mass is 10.00. The van der Waals surface area contributed by atoms with Crippen molar-refractivity contribution in [2.24, 2.45) is 0 Å². The molecule has 1 fully saturated rings. The summed E-state index contributed by atoms with van der Waals surface area (Å²) in [7, 11) is -3.01. The number of nitrogens with zero attached hydrogens (tertiary/aromatic N) is 1. The van der Waals surface area contributed by atoms with E-state index in [9.17, 15) is 32.2 Å². The van der Waals surface area contributed by atoms with Gasteiger partial charge in [0.05, 0.1) is 23.6 Å². The van der Waals surface area contributed by atoms with E-state index in [1.54, 1.807) is 28.6 Å². The van der Waals surface area contributed by atoms with Gasteiger partial charge in [0.1, 0.15) is 5.75 Å². The molecule has 0 radical (unpaired) electrons. The molecule has 9 nitrogen and oxygen atoms in total. The van der Waals surface area contributed by atoms with Gasteiger partial charge < -0.3 is 25.8 Å². The Bertz CT molecular complexity index is 1380. The lowest BCUT2D eigenvalue weighted by molar-refractivity contribution is -0.274. The van der Waals surface area contributed by atoms with Crippen molar-refractivity contribution < 1.29 is 36.9 Å². The van der Waals surface area contributed by atoms with Crippen molar-refractivity contribution in [3.63, 3.8) is 0 Å². The van der Waals surface area contributed by atoms with Crippen LogP contribution < -0.4 is 25.0 Å². The van der Waals surface area contributed by atoms with Gasteiger partial charge in [-0.25, -0.2) is 0 Å². The Labute approximate surface area is 256 Å². The van der Waals surface area contributed by atoms with E-state index in [0.717, 1.165) is 12.0 Å². The number of aliphatic hydroxyl groups is 1. The van der Waals surface area contributed by atoms with Gasteiger partial charge in [-0.1, -0.05) is 42.5 Å². The Kier molecular flexibility index (Phi) is 11.4. The molecule has 1 aliphatic heterocycles. The molecular weight excluding hydrogens is 597 g/mol. The molecule has 2 atom stereocenters. The Morgan fingerprint density at radius 3 is 2.48 bits per heavy atom. The van der Waals surface area contributed by atoms with Crippen LogP contribution in [0.1, 0.15) is 41.3 Å². The summed E-state index contributed by atoms with van der Waals surface area (Å²) in [6.07, 6.45) is -4.04. The quantitative estimate of drug-likeness (QED) is 0.140. The maximum absolute atomic E-state index is 13.6. The molecule has 13 heteroatoms. The number of aliphatic hydroxyl groups excluding tert-OH is 1. The highest BCUT2D eigenvalue weighted by Gasteiger charge is 2.31. The van der Waals surface area contributed by atoms with E-state index in [0.29, 0.717) is 48.4 Å². The highest BCUT2D eigenvalue weighted by atomic mass is 32.3. The van der Waals surface area contributed by atoms with Crippen LogP contribution in [0.15, 0.2) is 72.8 Å². The zero-order chi connectivity index (χ0) is 31.7. The fourth-order valence-electron chi connectivity index (χ4n) is 5.06. The molecule has 0 bridgehead atoms. The smallest absolute Gasteiger partial charge is 0.406 e. The molecule has 44 heavy (non-hydrogen) atoms. The molecule has 3 aromatic rings. The molecule has 0 aromatic heterocycles. The lowest BCUT2D eigenvalue weighted by Crippen LogP contribution is -2.48. The molecule has 3 aromatic carbocycles. The van der Waals surface area contributed by atoms with Crippen molar-refractivity contribution in [1.82, 2.24) is 10.6 Å². The van der Waals surface area contributed by atoms with Crippen LogP contribution >= 0.6 is 10.8 Å². The molecule has 0 spiro atoms. The molecule has 1 saturated heterocycles. The van der Waals surface area contributed by atoms with Gasteiger partial charge in [-0.05, 0) is 67.6 Å². The van der Waals surface area contributed by atoms with Gasteiger partial charge in [0.15, 0.2) is 0 Å². The monoisotopic (exact) mass is 636 g/mol. The summed E-state index contributed by atoms with van der Waals surface area (Å²) < 4.78 is 64.7. The van der Waals surface area contributed by atoms with Gasteiger partial charge in [-0.15, -0.1) is 23.9 Å². The number of rotatable bonds is 13. The summed E-state index contributed by atoms with van der Waals surface area (Å²) >= 11 is 0. The summed E-state index contributed by atoms with van der Waals surface area (Å²) in [5.74, 6) is -0.522. The Balaban J connectivity index is 1.50. The lowest BCUT2D eigenvalue weighted by Gasteiger charge is -2.47. The zero-order valence-corrected chi connectivity index (χ0v) is 25.2.